The van der Waals surface area contributed by atoms with E-state index in [4.69, 9.17) is 4.98 Å². The number of nitrogens with zero attached hydrogens (tertiary/aromatic N) is 5. The fraction of sp³-hybridized carbons (Fsp3) is 0.0370. The molecule has 8 nitrogen and oxygen atoms in total. The van der Waals surface area contributed by atoms with Crippen LogP contribution in [0.4, 0.5) is 0 Å². The summed E-state index contributed by atoms with van der Waals surface area (Å²) in [6.07, 6.45) is 6.43. The summed E-state index contributed by atoms with van der Waals surface area (Å²) in [7, 11) is 0. The van der Waals surface area contributed by atoms with E-state index >= 15 is 0 Å². The van der Waals surface area contributed by atoms with Gasteiger partial charge in [-0.1, -0.05) is 48.5 Å². The third-order valence-corrected chi connectivity index (χ3v) is 6.38. The van der Waals surface area contributed by atoms with Crippen molar-refractivity contribution in [2.24, 2.45) is 0 Å². The van der Waals surface area contributed by atoms with Crippen LogP contribution in [0.25, 0.3) is 44.7 Å². The van der Waals surface area contributed by atoms with Crippen molar-refractivity contribution in [2.45, 2.75) is 6.04 Å². The Hall–Kier alpha value is -4.98. The SMILES string of the molecule is O=C(NC1c2ccccc2-c2c(-c3nc4ncncc4[nH]3)cccc21)c1cccc2nccnc12. The van der Waals surface area contributed by atoms with Gasteiger partial charge in [-0.05, 0) is 34.4 Å². The van der Waals surface area contributed by atoms with Gasteiger partial charge in [0.15, 0.2) is 5.65 Å². The number of para-hydroxylation sites is 1. The first-order valence-corrected chi connectivity index (χ1v) is 11.2. The van der Waals surface area contributed by atoms with Crippen molar-refractivity contribution in [1.82, 2.24) is 35.2 Å². The third-order valence-electron chi connectivity index (χ3n) is 6.38. The van der Waals surface area contributed by atoms with E-state index in [1.165, 1.54) is 6.33 Å². The Bertz CT molecular complexity index is 1740. The predicted octanol–water partition coefficient (Wildman–Crippen LogP) is 4.46. The largest absolute Gasteiger partial charge is 0.341 e. The molecule has 2 N–H and O–H groups in total. The highest BCUT2D eigenvalue weighted by Crippen LogP contribution is 2.47. The molecule has 0 saturated carbocycles. The van der Waals surface area contributed by atoms with Crippen molar-refractivity contribution in [1.29, 1.82) is 0 Å². The Balaban J connectivity index is 1.36. The topological polar surface area (TPSA) is 109 Å². The molecule has 0 fully saturated rings. The Labute approximate surface area is 199 Å². The molecule has 6 aromatic rings. The van der Waals surface area contributed by atoms with Crippen LogP contribution in [0.15, 0.2) is 85.6 Å². The number of fused-ring (bicyclic) bond motifs is 5. The summed E-state index contributed by atoms with van der Waals surface area (Å²) in [5.74, 6) is 0.511. The molecule has 0 saturated heterocycles. The molecule has 166 valence electrons. The summed E-state index contributed by atoms with van der Waals surface area (Å²) < 4.78 is 0. The number of hydrogen-bond donors (Lipinski definition) is 2. The molecule has 7 rings (SSSR count). The van der Waals surface area contributed by atoms with Gasteiger partial charge in [0.1, 0.15) is 23.2 Å². The van der Waals surface area contributed by atoms with Gasteiger partial charge in [0.05, 0.1) is 23.3 Å². The lowest BCUT2D eigenvalue weighted by molar-refractivity contribution is 0.0945. The number of imidazole rings is 1. The zero-order chi connectivity index (χ0) is 23.4. The van der Waals surface area contributed by atoms with Gasteiger partial charge in [0.2, 0.25) is 0 Å². The van der Waals surface area contributed by atoms with E-state index in [0.717, 1.165) is 33.3 Å². The zero-order valence-corrected chi connectivity index (χ0v) is 18.3. The van der Waals surface area contributed by atoms with Crippen molar-refractivity contribution in [3.8, 4) is 22.5 Å². The molecule has 8 heteroatoms. The van der Waals surface area contributed by atoms with Crippen LogP contribution in [0.3, 0.4) is 0 Å². The van der Waals surface area contributed by atoms with Gasteiger partial charge < -0.3 is 10.3 Å². The van der Waals surface area contributed by atoms with Gasteiger partial charge in [-0.2, -0.15) is 0 Å². The van der Waals surface area contributed by atoms with E-state index in [1.54, 1.807) is 24.7 Å². The van der Waals surface area contributed by atoms with Crippen molar-refractivity contribution in [3.05, 3.63) is 102 Å². The maximum absolute atomic E-state index is 13.5. The number of aromatic nitrogens is 6. The molecule has 35 heavy (non-hydrogen) atoms. The Morgan fingerprint density at radius 1 is 0.857 bits per heavy atom. The number of hydrogen-bond acceptors (Lipinski definition) is 6. The normalized spacial score (nSPS) is 14.1. The van der Waals surface area contributed by atoms with Crippen LogP contribution in [-0.2, 0) is 0 Å². The number of rotatable bonds is 3. The van der Waals surface area contributed by atoms with E-state index in [2.05, 4.69) is 48.4 Å². The molecular weight excluding hydrogens is 438 g/mol. The van der Waals surface area contributed by atoms with Crippen LogP contribution >= 0.6 is 0 Å². The standard InChI is InChI=1S/C27H17N7O/c35-27(19-9-4-10-20-24(19)30-12-11-29-20)33-23-16-6-2-1-5-15(16)22-17(23)7-3-8-18(22)25-32-21-13-28-14-31-26(21)34-25/h1-14,23H,(H,33,35)(H,28,31,32,34). The maximum Gasteiger partial charge on any atom is 0.254 e. The summed E-state index contributed by atoms with van der Waals surface area (Å²) in [6, 6.07) is 19.3. The summed E-state index contributed by atoms with van der Waals surface area (Å²) in [5, 5.41) is 3.25. The lowest BCUT2D eigenvalue weighted by atomic mass is 9.98. The van der Waals surface area contributed by atoms with Gasteiger partial charge in [0.25, 0.3) is 5.91 Å². The maximum atomic E-state index is 13.5. The van der Waals surface area contributed by atoms with E-state index in [-0.39, 0.29) is 11.9 Å². The van der Waals surface area contributed by atoms with Crippen LogP contribution in [0.5, 0.6) is 0 Å². The highest BCUT2D eigenvalue weighted by atomic mass is 16.1. The smallest absolute Gasteiger partial charge is 0.254 e. The van der Waals surface area contributed by atoms with Crippen LogP contribution in [0.2, 0.25) is 0 Å². The summed E-state index contributed by atoms with van der Waals surface area (Å²) in [6.45, 7) is 0. The molecule has 1 aliphatic carbocycles. The summed E-state index contributed by atoms with van der Waals surface area (Å²) in [4.78, 5) is 38.6. The third kappa shape index (κ3) is 3.00. The molecule has 1 aliphatic rings. The van der Waals surface area contributed by atoms with Crippen molar-refractivity contribution in [2.75, 3.05) is 0 Å². The number of carbonyl (C=O) groups is 1. The van der Waals surface area contributed by atoms with Crippen LogP contribution in [0.1, 0.15) is 27.5 Å². The molecule has 1 amide bonds. The number of benzene rings is 3. The lowest BCUT2D eigenvalue weighted by Gasteiger charge is -2.17. The monoisotopic (exact) mass is 455 g/mol. The second kappa shape index (κ2) is 7.53. The van der Waals surface area contributed by atoms with E-state index < -0.39 is 0 Å². The minimum Gasteiger partial charge on any atom is -0.341 e. The predicted molar refractivity (Wildman–Crippen MR) is 131 cm³/mol. The molecule has 0 bridgehead atoms. The van der Waals surface area contributed by atoms with Gasteiger partial charge in [-0.15, -0.1) is 0 Å². The second-order valence-electron chi connectivity index (χ2n) is 8.34. The van der Waals surface area contributed by atoms with E-state index in [0.29, 0.717) is 28.1 Å². The molecular formula is C27H17N7O. The van der Waals surface area contributed by atoms with Gasteiger partial charge >= 0.3 is 0 Å². The quantitative estimate of drug-likeness (QED) is 0.408. The van der Waals surface area contributed by atoms with Crippen LogP contribution < -0.4 is 5.32 Å². The first-order chi connectivity index (χ1) is 17.3. The number of carbonyl (C=O) groups excluding carboxylic acids is 1. The molecule has 3 heterocycles. The Morgan fingerprint density at radius 3 is 2.63 bits per heavy atom. The highest BCUT2D eigenvalue weighted by molar-refractivity contribution is 6.05. The highest BCUT2D eigenvalue weighted by Gasteiger charge is 2.32. The first-order valence-electron chi connectivity index (χ1n) is 11.2. The molecule has 1 atom stereocenters. The first kappa shape index (κ1) is 19.5. The molecule has 0 aliphatic heterocycles. The van der Waals surface area contributed by atoms with Gasteiger partial charge in [-0.3, -0.25) is 14.8 Å². The van der Waals surface area contributed by atoms with E-state index in [1.807, 2.05) is 36.4 Å². The van der Waals surface area contributed by atoms with Crippen LogP contribution in [0, 0.1) is 0 Å². The summed E-state index contributed by atoms with van der Waals surface area (Å²) >= 11 is 0. The number of amides is 1. The minimum absolute atomic E-state index is 0.201. The van der Waals surface area contributed by atoms with Crippen LogP contribution in [-0.4, -0.2) is 35.8 Å². The number of aromatic amines is 1. The molecule has 1 unspecified atom stereocenters. The Morgan fingerprint density at radius 2 is 1.69 bits per heavy atom. The lowest BCUT2D eigenvalue weighted by Crippen LogP contribution is -2.28. The average Bonchev–Trinajstić information content (AvgIpc) is 3.48. The summed E-state index contributed by atoms with van der Waals surface area (Å²) in [5.41, 5.74) is 8.23. The number of nitrogens with one attached hydrogen (secondary N) is 2. The molecule has 3 aromatic carbocycles. The zero-order valence-electron chi connectivity index (χ0n) is 18.3. The van der Waals surface area contributed by atoms with Crippen molar-refractivity contribution >= 4 is 28.1 Å². The van der Waals surface area contributed by atoms with E-state index in [9.17, 15) is 4.79 Å². The second-order valence-corrected chi connectivity index (χ2v) is 8.34. The molecule has 0 spiro atoms. The fourth-order valence-corrected chi connectivity index (χ4v) is 4.88. The van der Waals surface area contributed by atoms with Gasteiger partial charge in [-0.25, -0.2) is 15.0 Å². The Kier molecular flexibility index (Phi) is 4.19. The molecule has 0 radical (unpaired) electrons. The van der Waals surface area contributed by atoms with Crippen molar-refractivity contribution in [3.63, 3.8) is 0 Å². The minimum atomic E-state index is -0.315. The number of H-pyrrole nitrogens is 1. The van der Waals surface area contributed by atoms with Crippen molar-refractivity contribution < 1.29 is 4.79 Å². The molecule has 3 aromatic heterocycles. The van der Waals surface area contributed by atoms with Gasteiger partial charge in [0, 0.05) is 18.0 Å². The fourth-order valence-electron chi connectivity index (χ4n) is 4.88. The average molecular weight is 455 g/mol.